The Morgan fingerprint density at radius 1 is 0.941 bits per heavy atom. The summed E-state index contributed by atoms with van der Waals surface area (Å²) in [5.74, 6) is -1.85. The quantitative estimate of drug-likeness (QED) is 0.727. The lowest BCUT2D eigenvalue weighted by atomic mass is 9.96. The Bertz CT molecular complexity index is 1050. The van der Waals surface area contributed by atoms with Crippen LogP contribution in [-0.4, -0.2) is 65.5 Å². The first-order valence-corrected chi connectivity index (χ1v) is 11.4. The molecule has 0 aliphatic carbocycles. The molecule has 2 aliphatic heterocycles. The Morgan fingerprint density at radius 3 is 2.00 bits per heavy atom. The molecular weight excluding hydrogens is 444 g/mol. The predicted molar refractivity (Wildman–Crippen MR) is 120 cm³/mol. The van der Waals surface area contributed by atoms with Gasteiger partial charge in [0.1, 0.15) is 23.4 Å². The van der Waals surface area contributed by atoms with E-state index < -0.39 is 29.3 Å². The molecule has 2 aromatic carbocycles. The van der Waals surface area contributed by atoms with Crippen LogP contribution in [0.15, 0.2) is 48.5 Å². The number of likely N-dealkylation sites (tertiary alicyclic amines) is 1. The Labute approximate surface area is 196 Å². The van der Waals surface area contributed by atoms with Crippen molar-refractivity contribution in [3.8, 4) is 0 Å². The normalized spacial score (nSPS) is 19.3. The highest BCUT2D eigenvalue weighted by Gasteiger charge is 2.54. The summed E-state index contributed by atoms with van der Waals surface area (Å²) in [7, 11) is 0. The molecule has 1 N–H and O–H groups in total. The lowest BCUT2D eigenvalue weighted by molar-refractivity contribution is -0.128. The third-order valence-corrected chi connectivity index (χ3v) is 6.35. The number of piperidine rings is 1. The third kappa shape index (κ3) is 4.65. The maximum absolute atomic E-state index is 13.5. The van der Waals surface area contributed by atoms with Crippen molar-refractivity contribution in [2.45, 2.75) is 38.0 Å². The van der Waals surface area contributed by atoms with Gasteiger partial charge < -0.3 is 15.0 Å². The second kappa shape index (κ2) is 9.89. The largest absolute Gasteiger partial charge is 0.354 e. The van der Waals surface area contributed by atoms with E-state index in [-0.39, 0.29) is 24.0 Å². The second-order valence-corrected chi connectivity index (χ2v) is 8.55. The van der Waals surface area contributed by atoms with Crippen molar-refractivity contribution in [2.75, 3.05) is 26.2 Å². The number of nitrogens with one attached hydrogen (secondary N) is 1. The minimum Gasteiger partial charge on any atom is -0.354 e. The molecule has 2 aliphatic rings. The second-order valence-electron chi connectivity index (χ2n) is 8.55. The van der Waals surface area contributed by atoms with E-state index in [1.54, 1.807) is 4.90 Å². The Hall–Kier alpha value is -3.33. The molecule has 2 saturated heterocycles. The van der Waals surface area contributed by atoms with Gasteiger partial charge in [0.2, 0.25) is 5.91 Å². The van der Waals surface area contributed by atoms with Gasteiger partial charge in [0, 0.05) is 43.6 Å². The number of amides is 3. The molecule has 1 atom stereocenters. The Morgan fingerprint density at radius 2 is 1.47 bits per heavy atom. The fraction of sp³-hybridized carbons (Fsp3) is 0.400. The summed E-state index contributed by atoms with van der Waals surface area (Å²) in [5, 5.41) is 2.83. The van der Waals surface area contributed by atoms with Crippen LogP contribution in [0, 0.1) is 11.6 Å². The van der Waals surface area contributed by atoms with Crippen molar-refractivity contribution < 1.29 is 27.9 Å². The summed E-state index contributed by atoms with van der Waals surface area (Å²) in [6.45, 7) is 3.04. The zero-order valence-electron chi connectivity index (χ0n) is 18.9. The van der Waals surface area contributed by atoms with Crippen molar-refractivity contribution in [1.29, 1.82) is 0 Å². The molecule has 0 aromatic heterocycles. The Kier molecular flexibility index (Phi) is 6.92. The van der Waals surface area contributed by atoms with Crippen molar-refractivity contribution in [1.82, 2.24) is 15.1 Å². The molecule has 2 fully saturated rings. The van der Waals surface area contributed by atoms with Crippen LogP contribution in [0.4, 0.5) is 8.78 Å². The van der Waals surface area contributed by atoms with Crippen LogP contribution < -0.4 is 5.32 Å². The summed E-state index contributed by atoms with van der Waals surface area (Å²) in [6, 6.07) is 9.70. The van der Waals surface area contributed by atoms with Crippen LogP contribution >= 0.6 is 0 Å². The van der Waals surface area contributed by atoms with Crippen LogP contribution in [0.2, 0.25) is 0 Å². The number of ether oxygens (including phenoxy) is 1. The van der Waals surface area contributed by atoms with Gasteiger partial charge in [-0.25, -0.2) is 8.78 Å². The van der Waals surface area contributed by atoms with Gasteiger partial charge in [0.25, 0.3) is 11.8 Å². The molecule has 2 heterocycles. The number of carbonyl (C=O) groups is 3. The number of rotatable bonds is 5. The first-order chi connectivity index (χ1) is 16.3. The molecule has 4 rings (SSSR count). The number of halogens is 2. The average Bonchev–Trinajstić information content (AvgIpc) is 3.21. The first-order valence-electron chi connectivity index (χ1n) is 11.4. The summed E-state index contributed by atoms with van der Waals surface area (Å²) in [5.41, 5.74) is -0.427. The maximum Gasteiger partial charge on any atom is 0.256 e. The van der Waals surface area contributed by atoms with Gasteiger partial charge in [-0.05, 0) is 55.0 Å². The topological polar surface area (TPSA) is 79.0 Å². The van der Waals surface area contributed by atoms with Gasteiger partial charge in [0.05, 0.1) is 6.61 Å². The third-order valence-electron chi connectivity index (χ3n) is 6.35. The smallest absolute Gasteiger partial charge is 0.256 e. The fourth-order valence-corrected chi connectivity index (χ4v) is 4.50. The van der Waals surface area contributed by atoms with E-state index in [1.165, 1.54) is 53.4 Å². The molecular formula is C25H27F2N3O4. The van der Waals surface area contributed by atoms with Gasteiger partial charge in [-0.2, -0.15) is 0 Å². The average molecular weight is 472 g/mol. The minimum atomic E-state index is -1.06. The number of hydrogen-bond acceptors (Lipinski definition) is 4. The lowest BCUT2D eigenvalue weighted by Gasteiger charge is -2.44. The highest BCUT2D eigenvalue weighted by molar-refractivity contribution is 5.98. The van der Waals surface area contributed by atoms with Crippen LogP contribution in [0.5, 0.6) is 0 Å². The predicted octanol–water partition coefficient (Wildman–Crippen LogP) is 2.96. The summed E-state index contributed by atoms with van der Waals surface area (Å²) in [4.78, 5) is 42.3. The maximum atomic E-state index is 13.5. The highest BCUT2D eigenvalue weighted by Crippen LogP contribution is 2.38. The summed E-state index contributed by atoms with van der Waals surface area (Å²) < 4.78 is 32.8. The van der Waals surface area contributed by atoms with Gasteiger partial charge in [0.15, 0.2) is 0 Å². The lowest BCUT2D eigenvalue weighted by Crippen LogP contribution is -2.59. The van der Waals surface area contributed by atoms with E-state index in [0.717, 1.165) is 6.42 Å². The number of benzene rings is 2. The molecule has 9 heteroatoms. The van der Waals surface area contributed by atoms with Gasteiger partial charge >= 0.3 is 0 Å². The summed E-state index contributed by atoms with van der Waals surface area (Å²) in [6.07, 6.45) is 1.37. The highest BCUT2D eigenvalue weighted by atomic mass is 19.1. The molecule has 0 unspecified atom stereocenters. The van der Waals surface area contributed by atoms with E-state index in [1.807, 2.05) is 6.92 Å². The zero-order valence-corrected chi connectivity index (χ0v) is 18.9. The first kappa shape index (κ1) is 23.8. The molecule has 2 aromatic rings. The van der Waals surface area contributed by atoms with E-state index in [0.29, 0.717) is 38.0 Å². The molecule has 180 valence electrons. The number of nitrogens with zero attached hydrogens (tertiary/aromatic N) is 2. The summed E-state index contributed by atoms with van der Waals surface area (Å²) >= 11 is 0. The van der Waals surface area contributed by atoms with E-state index >= 15 is 0 Å². The van der Waals surface area contributed by atoms with Gasteiger partial charge in [-0.1, -0.05) is 6.92 Å². The van der Waals surface area contributed by atoms with Crippen LogP contribution in [0.1, 0.15) is 46.9 Å². The SMILES string of the molecule is CCCNC(=O)[C@H]1COC2(CCN(C(=O)c3ccc(F)cc3)CC2)N1C(=O)c1ccc(F)cc1. The van der Waals surface area contributed by atoms with Crippen molar-refractivity contribution in [3.63, 3.8) is 0 Å². The van der Waals surface area contributed by atoms with Gasteiger partial charge in [-0.3, -0.25) is 19.3 Å². The molecule has 0 bridgehead atoms. The van der Waals surface area contributed by atoms with Gasteiger partial charge in [-0.15, -0.1) is 0 Å². The molecule has 34 heavy (non-hydrogen) atoms. The number of carbonyl (C=O) groups excluding carboxylic acids is 3. The molecule has 3 amide bonds. The molecule has 0 saturated carbocycles. The number of hydrogen-bond donors (Lipinski definition) is 1. The van der Waals surface area contributed by atoms with Crippen LogP contribution in [0.25, 0.3) is 0 Å². The fourth-order valence-electron chi connectivity index (χ4n) is 4.50. The standard InChI is InChI=1S/C25H27F2N3O4/c1-2-13-28-22(31)21-16-34-25(30(21)24(33)18-5-9-20(27)10-6-18)11-14-29(15-12-25)23(32)17-3-7-19(26)8-4-17/h3-10,21H,2,11-16H2,1H3,(H,28,31)/t21-/m1/s1. The molecule has 7 nitrogen and oxygen atoms in total. The van der Waals surface area contributed by atoms with Crippen molar-refractivity contribution in [3.05, 3.63) is 71.3 Å². The van der Waals surface area contributed by atoms with Crippen molar-refractivity contribution >= 4 is 17.7 Å². The monoisotopic (exact) mass is 471 g/mol. The van der Waals surface area contributed by atoms with Crippen LogP contribution in [0.3, 0.4) is 0 Å². The Balaban J connectivity index is 1.56. The molecule has 0 radical (unpaired) electrons. The zero-order chi connectivity index (χ0) is 24.3. The minimum absolute atomic E-state index is 0.0361. The molecule has 1 spiro atoms. The van der Waals surface area contributed by atoms with E-state index in [2.05, 4.69) is 5.32 Å². The van der Waals surface area contributed by atoms with Crippen molar-refractivity contribution in [2.24, 2.45) is 0 Å². The van der Waals surface area contributed by atoms with E-state index in [4.69, 9.17) is 4.74 Å². The van der Waals surface area contributed by atoms with E-state index in [9.17, 15) is 23.2 Å². The van der Waals surface area contributed by atoms with Crippen LogP contribution in [-0.2, 0) is 9.53 Å².